The lowest BCUT2D eigenvalue weighted by atomic mass is 9.74. The van der Waals surface area contributed by atoms with E-state index in [0.29, 0.717) is 5.92 Å². The van der Waals surface area contributed by atoms with Crippen molar-refractivity contribution in [3.8, 4) is 0 Å². The summed E-state index contributed by atoms with van der Waals surface area (Å²) in [5.41, 5.74) is 0. The van der Waals surface area contributed by atoms with Gasteiger partial charge in [-0.3, -0.25) is 0 Å². The van der Waals surface area contributed by atoms with Crippen LogP contribution in [0.5, 0.6) is 0 Å². The molecule has 0 aromatic heterocycles. The Morgan fingerprint density at radius 3 is 2.42 bits per heavy atom. The van der Waals surface area contributed by atoms with Gasteiger partial charge in [0.1, 0.15) is 0 Å². The second-order valence-electron chi connectivity index (χ2n) is 4.55. The molecule has 0 aromatic rings. The average molecular weight is 170 g/mol. The SMILES string of the molecule is CCC1CCC(C(C)C)CC1O. The maximum absolute atomic E-state index is 9.79. The van der Waals surface area contributed by atoms with Crippen LogP contribution in [0.15, 0.2) is 0 Å². The predicted molar refractivity (Wildman–Crippen MR) is 52.0 cm³/mol. The second-order valence-corrected chi connectivity index (χ2v) is 4.55. The molecule has 0 amide bonds. The quantitative estimate of drug-likeness (QED) is 0.675. The molecule has 0 radical (unpaired) electrons. The van der Waals surface area contributed by atoms with Gasteiger partial charge in [0, 0.05) is 0 Å². The standard InChI is InChI=1S/C11H22O/c1-4-9-5-6-10(8(2)3)7-11(9)12/h8-12H,4-7H2,1-3H3. The van der Waals surface area contributed by atoms with E-state index in [1.165, 1.54) is 12.8 Å². The van der Waals surface area contributed by atoms with Crippen molar-refractivity contribution in [1.29, 1.82) is 0 Å². The first-order valence-corrected chi connectivity index (χ1v) is 5.33. The van der Waals surface area contributed by atoms with Gasteiger partial charge >= 0.3 is 0 Å². The Labute approximate surface area is 76.2 Å². The van der Waals surface area contributed by atoms with Crippen LogP contribution in [0, 0.1) is 17.8 Å². The molecule has 0 aromatic carbocycles. The van der Waals surface area contributed by atoms with Gasteiger partial charge in [0.2, 0.25) is 0 Å². The molecule has 1 aliphatic carbocycles. The maximum atomic E-state index is 9.79. The Balaban J connectivity index is 2.40. The molecule has 1 rings (SSSR count). The van der Waals surface area contributed by atoms with Gasteiger partial charge in [-0.25, -0.2) is 0 Å². The van der Waals surface area contributed by atoms with Crippen molar-refractivity contribution in [2.75, 3.05) is 0 Å². The van der Waals surface area contributed by atoms with E-state index in [0.717, 1.165) is 24.7 Å². The van der Waals surface area contributed by atoms with Crippen LogP contribution in [0.1, 0.15) is 46.5 Å². The van der Waals surface area contributed by atoms with Gasteiger partial charge in [-0.05, 0) is 37.0 Å². The van der Waals surface area contributed by atoms with Crippen LogP contribution >= 0.6 is 0 Å². The van der Waals surface area contributed by atoms with Crippen molar-refractivity contribution in [3.05, 3.63) is 0 Å². The summed E-state index contributed by atoms with van der Waals surface area (Å²) >= 11 is 0. The Morgan fingerprint density at radius 1 is 1.33 bits per heavy atom. The molecule has 0 spiro atoms. The summed E-state index contributed by atoms with van der Waals surface area (Å²) in [6.07, 6.45) is 4.73. The molecule has 3 atom stereocenters. The molecule has 3 unspecified atom stereocenters. The fourth-order valence-electron chi connectivity index (χ4n) is 2.32. The highest BCUT2D eigenvalue weighted by Gasteiger charge is 2.28. The summed E-state index contributed by atoms with van der Waals surface area (Å²) in [6.45, 7) is 6.72. The number of aliphatic hydroxyl groups excluding tert-OH is 1. The summed E-state index contributed by atoms with van der Waals surface area (Å²) in [7, 11) is 0. The highest BCUT2D eigenvalue weighted by Crippen LogP contribution is 2.34. The first-order valence-electron chi connectivity index (χ1n) is 5.33. The van der Waals surface area contributed by atoms with Gasteiger partial charge in [-0.1, -0.05) is 27.2 Å². The van der Waals surface area contributed by atoms with E-state index in [1.54, 1.807) is 0 Å². The van der Waals surface area contributed by atoms with Crippen molar-refractivity contribution in [1.82, 2.24) is 0 Å². The predicted octanol–water partition coefficient (Wildman–Crippen LogP) is 2.83. The monoisotopic (exact) mass is 170 g/mol. The number of hydrogen-bond acceptors (Lipinski definition) is 1. The van der Waals surface area contributed by atoms with Gasteiger partial charge in [0.25, 0.3) is 0 Å². The first kappa shape index (κ1) is 10.0. The van der Waals surface area contributed by atoms with Crippen molar-refractivity contribution in [3.63, 3.8) is 0 Å². The highest BCUT2D eigenvalue weighted by atomic mass is 16.3. The maximum Gasteiger partial charge on any atom is 0.0571 e. The molecule has 0 bridgehead atoms. The van der Waals surface area contributed by atoms with Crippen molar-refractivity contribution >= 4 is 0 Å². The average Bonchev–Trinajstić information content (AvgIpc) is 2.04. The molecule has 0 aliphatic heterocycles. The van der Waals surface area contributed by atoms with Crippen LogP contribution in [0.4, 0.5) is 0 Å². The summed E-state index contributed by atoms with van der Waals surface area (Å²) in [6, 6.07) is 0. The number of hydrogen-bond donors (Lipinski definition) is 1. The van der Waals surface area contributed by atoms with Gasteiger partial charge in [0.15, 0.2) is 0 Å². The van der Waals surface area contributed by atoms with E-state index < -0.39 is 0 Å². The molecule has 1 N–H and O–H groups in total. The third-order valence-electron chi connectivity index (χ3n) is 3.46. The fourth-order valence-corrected chi connectivity index (χ4v) is 2.32. The lowest BCUT2D eigenvalue weighted by molar-refractivity contribution is 0.0314. The third-order valence-corrected chi connectivity index (χ3v) is 3.46. The minimum Gasteiger partial charge on any atom is -0.393 e. The van der Waals surface area contributed by atoms with Crippen LogP contribution in [-0.2, 0) is 0 Å². The molecule has 1 heteroatoms. The summed E-state index contributed by atoms with van der Waals surface area (Å²) in [5, 5.41) is 9.79. The topological polar surface area (TPSA) is 20.2 Å². The zero-order chi connectivity index (χ0) is 9.14. The van der Waals surface area contributed by atoms with Crippen molar-refractivity contribution in [2.24, 2.45) is 17.8 Å². The summed E-state index contributed by atoms with van der Waals surface area (Å²) < 4.78 is 0. The molecule has 72 valence electrons. The lowest BCUT2D eigenvalue weighted by Crippen LogP contribution is -2.30. The Kier molecular flexibility index (Phi) is 3.57. The first-order chi connectivity index (χ1) is 5.65. The number of aliphatic hydroxyl groups is 1. The van der Waals surface area contributed by atoms with Crippen LogP contribution in [0.25, 0.3) is 0 Å². The molecular formula is C11H22O. The third kappa shape index (κ3) is 2.22. The Bertz CT molecular complexity index is 131. The highest BCUT2D eigenvalue weighted by molar-refractivity contribution is 4.80. The normalized spacial score (nSPS) is 37.2. The summed E-state index contributed by atoms with van der Waals surface area (Å²) in [4.78, 5) is 0. The molecule has 1 nitrogen and oxygen atoms in total. The van der Waals surface area contributed by atoms with Gasteiger partial charge in [-0.15, -0.1) is 0 Å². The smallest absolute Gasteiger partial charge is 0.0571 e. The van der Waals surface area contributed by atoms with Crippen LogP contribution in [0.2, 0.25) is 0 Å². The van der Waals surface area contributed by atoms with E-state index in [1.807, 2.05) is 0 Å². The lowest BCUT2D eigenvalue weighted by Gasteiger charge is -2.34. The minimum atomic E-state index is -0.0175. The van der Waals surface area contributed by atoms with Gasteiger partial charge in [-0.2, -0.15) is 0 Å². The molecule has 12 heavy (non-hydrogen) atoms. The number of rotatable bonds is 2. The van der Waals surface area contributed by atoms with Crippen LogP contribution in [-0.4, -0.2) is 11.2 Å². The summed E-state index contributed by atoms with van der Waals surface area (Å²) in [5.74, 6) is 2.10. The minimum absolute atomic E-state index is 0.0175. The molecule has 0 saturated heterocycles. The van der Waals surface area contributed by atoms with Crippen molar-refractivity contribution in [2.45, 2.75) is 52.6 Å². The Morgan fingerprint density at radius 2 is 2.00 bits per heavy atom. The molecule has 0 heterocycles. The van der Waals surface area contributed by atoms with E-state index in [9.17, 15) is 5.11 Å². The molecular weight excluding hydrogens is 148 g/mol. The van der Waals surface area contributed by atoms with Crippen LogP contribution < -0.4 is 0 Å². The second kappa shape index (κ2) is 4.27. The van der Waals surface area contributed by atoms with Crippen molar-refractivity contribution < 1.29 is 5.11 Å². The largest absolute Gasteiger partial charge is 0.393 e. The van der Waals surface area contributed by atoms with E-state index >= 15 is 0 Å². The zero-order valence-electron chi connectivity index (χ0n) is 8.59. The fraction of sp³-hybridized carbons (Fsp3) is 1.00. The van der Waals surface area contributed by atoms with Gasteiger partial charge < -0.3 is 5.11 Å². The molecule has 1 saturated carbocycles. The molecule has 1 fully saturated rings. The Hall–Kier alpha value is -0.0400. The molecule has 1 aliphatic rings. The van der Waals surface area contributed by atoms with E-state index in [4.69, 9.17) is 0 Å². The van der Waals surface area contributed by atoms with E-state index in [2.05, 4.69) is 20.8 Å². The zero-order valence-corrected chi connectivity index (χ0v) is 8.59. The van der Waals surface area contributed by atoms with E-state index in [-0.39, 0.29) is 6.10 Å². The van der Waals surface area contributed by atoms with Gasteiger partial charge in [0.05, 0.1) is 6.10 Å². The van der Waals surface area contributed by atoms with Crippen LogP contribution in [0.3, 0.4) is 0 Å².